The average Bonchev–Trinajstić information content (AvgIpc) is 2.40. The second-order valence-electron chi connectivity index (χ2n) is 4.97. The summed E-state index contributed by atoms with van der Waals surface area (Å²) in [5.41, 5.74) is 1.58. The van der Waals surface area contributed by atoms with E-state index in [2.05, 4.69) is 11.4 Å². The standard InChI is InChI=1S/C15H20N2O2/c1-17-9-12-6-14(7-12)19-10-13-5-11(8-16)3-4-15(13)18-2/h3-5,12,14,17H,6-7,9-10H2,1-2H3. The Bertz CT molecular complexity index is 462. The van der Waals surface area contributed by atoms with Gasteiger partial charge in [-0.3, -0.25) is 0 Å². The Morgan fingerprint density at radius 1 is 1.42 bits per heavy atom. The van der Waals surface area contributed by atoms with Crippen LogP contribution in [0.25, 0.3) is 0 Å². The predicted molar refractivity (Wildman–Crippen MR) is 72.9 cm³/mol. The van der Waals surface area contributed by atoms with Gasteiger partial charge in [0.2, 0.25) is 0 Å². The first-order chi connectivity index (χ1) is 9.26. The van der Waals surface area contributed by atoms with E-state index in [1.165, 1.54) is 0 Å². The molecule has 19 heavy (non-hydrogen) atoms. The van der Waals surface area contributed by atoms with Crippen LogP contribution in [0.5, 0.6) is 5.75 Å². The maximum Gasteiger partial charge on any atom is 0.124 e. The molecule has 1 aromatic rings. The quantitative estimate of drug-likeness (QED) is 0.851. The van der Waals surface area contributed by atoms with Crippen molar-refractivity contribution in [1.82, 2.24) is 5.32 Å². The van der Waals surface area contributed by atoms with Gasteiger partial charge in [0.1, 0.15) is 5.75 Å². The van der Waals surface area contributed by atoms with E-state index < -0.39 is 0 Å². The van der Waals surface area contributed by atoms with Gasteiger partial charge in [-0.15, -0.1) is 0 Å². The van der Waals surface area contributed by atoms with E-state index in [0.29, 0.717) is 18.3 Å². The topological polar surface area (TPSA) is 54.3 Å². The molecule has 0 unspecified atom stereocenters. The van der Waals surface area contributed by atoms with E-state index in [1.54, 1.807) is 13.2 Å². The zero-order valence-corrected chi connectivity index (χ0v) is 11.5. The second kappa shape index (κ2) is 6.55. The van der Waals surface area contributed by atoms with Crippen LogP contribution in [0.2, 0.25) is 0 Å². The molecule has 1 aromatic carbocycles. The van der Waals surface area contributed by atoms with Crippen molar-refractivity contribution in [2.45, 2.75) is 25.6 Å². The van der Waals surface area contributed by atoms with Crippen molar-refractivity contribution in [3.8, 4) is 11.8 Å². The molecule has 1 aliphatic carbocycles. The highest BCUT2D eigenvalue weighted by Gasteiger charge is 2.29. The van der Waals surface area contributed by atoms with Gasteiger partial charge in [0.05, 0.1) is 31.5 Å². The summed E-state index contributed by atoms with van der Waals surface area (Å²) in [5.74, 6) is 1.52. The minimum absolute atomic E-state index is 0.341. The molecule has 1 saturated carbocycles. The normalized spacial score (nSPS) is 21.5. The number of ether oxygens (including phenoxy) is 2. The third kappa shape index (κ3) is 3.46. The lowest BCUT2D eigenvalue weighted by Crippen LogP contribution is -2.36. The summed E-state index contributed by atoms with van der Waals surface area (Å²) in [4.78, 5) is 0. The Kier molecular flexibility index (Phi) is 4.78. The highest BCUT2D eigenvalue weighted by molar-refractivity contribution is 5.41. The molecule has 0 atom stereocenters. The van der Waals surface area contributed by atoms with Crippen molar-refractivity contribution < 1.29 is 9.47 Å². The lowest BCUT2D eigenvalue weighted by Gasteiger charge is -2.35. The Morgan fingerprint density at radius 3 is 2.84 bits per heavy atom. The van der Waals surface area contributed by atoms with Crippen LogP contribution in [0.15, 0.2) is 18.2 Å². The van der Waals surface area contributed by atoms with Gasteiger partial charge < -0.3 is 14.8 Å². The van der Waals surface area contributed by atoms with E-state index in [0.717, 1.165) is 36.6 Å². The van der Waals surface area contributed by atoms with Crippen molar-refractivity contribution in [3.05, 3.63) is 29.3 Å². The van der Waals surface area contributed by atoms with Gasteiger partial charge in [0.15, 0.2) is 0 Å². The Labute approximate surface area is 114 Å². The van der Waals surface area contributed by atoms with E-state index in [1.807, 2.05) is 19.2 Å². The lowest BCUT2D eigenvalue weighted by molar-refractivity contribution is -0.0396. The number of methoxy groups -OCH3 is 1. The van der Waals surface area contributed by atoms with Crippen LogP contribution < -0.4 is 10.1 Å². The minimum atomic E-state index is 0.341. The summed E-state index contributed by atoms with van der Waals surface area (Å²) in [5, 5.41) is 12.1. The third-order valence-electron chi connectivity index (χ3n) is 3.57. The summed E-state index contributed by atoms with van der Waals surface area (Å²) in [6.45, 7) is 1.57. The van der Waals surface area contributed by atoms with Crippen molar-refractivity contribution in [3.63, 3.8) is 0 Å². The molecule has 0 bridgehead atoms. The molecule has 0 aliphatic heterocycles. The molecule has 0 saturated heterocycles. The van der Waals surface area contributed by atoms with Crippen molar-refractivity contribution in [2.24, 2.45) is 5.92 Å². The lowest BCUT2D eigenvalue weighted by atomic mass is 9.82. The van der Waals surface area contributed by atoms with Gasteiger partial charge >= 0.3 is 0 Å². The van der Waals surface area contributed by atoms with Gasteiger partial charge in [0.25, 0.3) is 0 Å². The van der Waals surface area contributed by atoms with Crippen molar-refractivity contribution in [2.75, 3.05) is 20.7 Å². The van der Waals surface area contributed by atoms with Crippen LogP contribution in [-0.2, 0) is 11.3 Å². The molecule has 2 rings (SSSR count). The van der Waals surface area contributed by atoms with Crippen molar-refractivity contribution >= 4 is 0 Å². The number of nitrogens with zero attached hydrogens (tertiary/aromatic N) is 1. The van der Waals surface area contributed by atoms with Crippen LogP contribution in [0.3, 0.4) is 0 Å². The number of hydrogen-bond donors (Lipinski definition) is 1. The van der Waals surface area contributed by atoms with Crippen molar-refractivity contribution in [1.29, 1.82) is 5.26 Å². The number of nitrogens with one attached hydrogen (secondary N) is 1. The molecular weight excluding hydrogens is 240 g/mol. The van der Waals surface area contributed by atoms with E-state index in [9.17, 15) is 0 Å². The predicted octanol–water partition coefficient (Wildman–Crippen LogP) is 2.08. The molecule has 0 amide bonds. The number of hydrogen-bond acceptors (Lipinski definition) is 4. The van der Waals surface area contributed by atoms with Crippen LogP contribution >= 0.6 is 0 Å². The molecular formula is C15H20N2O2. The zero-order chi connectivity index (χ0) is 13.7. The van der Waals surface area contributed by atoms with E-state index >= 15 is 0 Å². The fourth-order valence-corrected chi connectivity index (χ4v) is 2.43. The average molecular weight is 260 g/mol. The fraction of sp³-hybridized carbons (Fsp3) is 0.533. The summed E-state index contributed by atoms with van der Waals surface area (Å²) in [6.07, 6.45) is 2.57. The van der Waals surface area contributed by atoms with Crippen LogP contribution in [-0.4, -0.2) is 26.8 Å². The fourth-order valence-electron chi connectivity index (χ4n) is 2.43. The van der Waals surface area contributed by atoms with E-state index in [4.69, 9.17) is 14.7 Å². The Balaban J connectivity index is 1.88. The molecule has 1 fully saturated rings. The first kappa shape index (κ1) is 13.9. The number of rotatable bonds is 6. The maximum atomic E-state index is 8.92. The highest BCUT2D eigenvalue weighted by Crippen LogP contribution is 2.31. The summed E-state index contributed by atoms with van der Waals surface area (Å²) >= 11 is 0. The van der Waals surface area contributed by atoms with Gasteiger partial charge in [-0.25, -0.2) is 0 Å². The first-order valence-electron chi connectivity index (χ1n) is 6.60. The molecule has 0 radical (unpaired) electrons. The third-order valence-corrected chi connectivity index (χ3v) is 3.57. The van der Waals surface area contributed by atoms with Crippen LogP contribution in [0, 0.1) is 17.2 Å². The van der Waals surface area contributed by atoms with E-state index in [-0.39, 0.29) is 0 Å². The van der Waals surface area contributed by atoms with Crippen LogP contribution in [0.4, 0.5) is 0 Å². The number of nitriles is 1. The molecule has 4 nitrogen and oxygen atoms in total. The maximum absolute atomic E-state index is 8.92. The zero-order valence-electron chi connectivity index (χ0n) is 11.5. The Hall–Kier alpha value is -1.57. The van der Waals surface area contributed by atoms with Gasteiger partial charge in [-0.1, -0.05) is 0 Å². The molecule has 0 heterocycles. The molecule has 0 spiro atoms. The van der Waals surface area contributed by atoms with Crippen LogP contribution in [0.1, 0.15) is 24.0 Å². The molecule has 0 aromatic heterocycles. The smallest absolute Gasteiger partial charge is 0.124 e. The molecule has 1 N–H and O–H groups in total. The highest BCUT2D eigenvalue weighted by atomic mass is 16.5. The summed E-state index contributed by atoms with van der Waals surface area (Å²) in [7, 11) is 3.61. The van der Waals surface area contributed by atoms with Gasteiger partial charge in [-0.2, -0.15) is 5.26 Å². The molecule has 1 aliphatic rings. The first-order valence-corrected chi connectivity index (χ1v) is 6.60. The largest absolute Gasteiger partial charge is 0.496 e. The SMILES string of the molecule is CNCC1CC(OCc2cc(C#N)ccc2OC)C1. The molecule has 4 heteroatoms. The monoisotopic (exact) mass is 260 g/mol. The Morgan fingerprint density at radius 2 is 2.21 bits per heavy atom. The summed E-state index contributed by atoms with van der Waals surface area (Å²) < 4.78 is 11.2. The number of benzene rings is 1. The van der Waals surface area contributed by atoms with Gasteiger partial charge in [0, 0.05) is 5.56 Å². The minimum Gasteiger partial charge on any atom is -0.496 e. The molecule has 102 valence electrons. The van der Waals surface area contributed by atoms with Gasteiger partial charge in [-0.05, 0) is 50.6 Å². The summed E-state index contributed by atoms with van der Waals surface area (Å²) in [6, 6.07) is 7.55. The second-order valence-corrected chi connectivity index (χ2v) is 4.97.